The highest BCUT2D eigenvalue weighted by Crippen LogP contribution is 2.32. The molecule has 0 radical (unpaired) electrons. The lowest BCUT2D eigenvalue weighted by atomic mass is 10.1. The van der Waals surface area contributed by atoms with Crippen molar-refractivity contribution in [2.45, 2.75) is 0 Å². The predicted octanol–water partition coefficient (Wildman–Crippen LogP) is 5.98. The third-order valence-electron chi connectivity index (χ3n) is 4.70. The molecule has 0 fully saturated rings. The van der Waals surface area contributed by atoms with Crippen LogP contribution in [0.2, 0.25) is 5.02 Å². The molecule has 0 saturated heterocycles. The van der Waals surface area contributed by atoms with Gasteiger partial charge in [0.1, 0.15) is 11.3 Å². The van der Waals surface area contributed by atoms with E-state index in [4.69, 9.17) is 20.8 Å². The first-order chi connectivity index (χ1) is 15.0. The van der Waals surface area contributed by atoms with E-state index in [1.807, 2.05) is 30.3 Å². The van der Waals surface area contributed by atoms with Crippen LogP contribution in [0.1, 0.15) is 21.7 Å². The topological polar surface area (TPSA) is 68.5 Å². The maximum Gasteiger partial charge on any atom is 0.248 e. The van der Waals surface area contributed by atoms with Gasteiger partial charge in [-0.15, -0.1) is 0 Å². The zero-order chi connectivity index (χ0) is 21.8. The number of methoxy groups -OCH3 is 1. The molecule has 4 rings (SSSR count). The Labute approximate surface area is 183 Å². The van der Waals surface area contributed by atoms with Crippen LogP contribution in [0.3, 0.4) is 0 Å². The summed E-state index contributed by atoms with van der Waals surface area (Å²) in [6.07, 6.45) is 3.08. The summed E-state index contributed by atoms with van der Waals surface area (Å²) in [7, 11) is 1.59. The molecule has 154 valence electrons. The second-order valence-corrected chi connectivity index (χ2v) is 7.17. The summed E-state index contributed by atoms with van der Waals surface area (Å²) in [5.74, 6) is 0.0707. The number of anilines is 1. The molecular weight excluding hydrogens is 414 g/mol. The van der Waals surface area contributed by atoms with Crippen LogP contribution in [0.5, 0.6) is 5.75 Å². The quantitative estimate of drug-likeness (QED) is 0.301. The zero-order valence-corrected chi connectivity index (χ0v) is 17.3. The minimum atomic E-state index is -0.382. The van der Waals surface area contributed by atoms with Crippen LogP contribution in [0.4, 0.5) is 5.69 Å². The van der Waals surface area contributed by atoms with Crippen molar-refractivity contribution >= 4 is 46.0 Å². The van der Waals surface area contributed by atoms with Gasteiger partial charge in [0.15, 0.2) is 5.76 Å². The first kappa shape index (κ1) is 20.4. The third-order valence-corrected chi connectivity index (χ3v) is 4.95. The SMILES string of the molecule is COc1ccc(/C=C/C(=O)Nc2c(C(=O)c3ccc(Cl)cc3)oc3ccccc23)cc1. The van der Waals surface area contributed by atoms with Crippen LogP contribution in [-0.2, 0) is 4.79 Å². The number of hydrogen-bond acceptors (Lipinski definition) is 4. The summed E-state index contributed by atoms with van der Waals surface area (Å²) in [5.41, 5.74) is 2.09. The Bertz CT molecular complexity index is 1270. The fourth-order valence-electron chi connectivity index (χ4n) is 3.11. The molecule has 0 spiro atoms. The Morgan fingerprint density at radius 1 is 0.968 bits per heavy atom. The van der Waals surface area contributed by atoms with Gasteiger partial charge in [-0.25, -0.2) is 0 Å². The Kier molecular flexibility index (Phi) is 5.87. The number of hydrogen-bond donors (Lipinski definition) is 1. The fourth-order valence-corrected chi connectivity index (χ4v) is 3.24. The van der Waals surface area contributed by atoms with E-state index in [-0.39, 0.29) is 17.5 Å². The minimum absolute atomic E-state index is 0.0646. The Hall–Kier alpha value is -3.83. The van der Waals surface area contributed by atoms with Gasteiger partial charge in [-0.05, 0) is 60.2 Å². The number of ketones is 1. The van der Waals surface area contributed by atoms with Gasteiger partial charge < -0.3 is 14.5 Å². The van der Waals surface area contributed by atoms with Gasteiger partial charge in [0, 0.05) is 22.0 Å². The predicted molar refractivity (Wildman–Crippen MR) is 122 cm³/mol. The number of amides is 1. The van der Waals surface area contributed by atoms with Crippen molar-refractivity contribution in [1.29, 1.82) is 0 Å². The van der Waals surface area contributed by atoms with Gasteiger partial charge in [0.25, 0.3) is 0 Å². The molecule has 0 unspecified atom stereocenters. The summed E-state index contributed by atoms with van der Waals surface area (Å²) in [6.45, 7) is 0. The van der Waals surface area contributed by atoms with Gasteiger partial charge in [-0.3, -0.25) is 9.59 Å². The number of benzene rings is 3. The van der Waals surface area contributed by atoms with Crippen LogP contribution in [0, 0.1) is 0 Å². The number of rotatable bonds is 6. The highest BCUT2D eigenvalue weighted by molar-refractivity contribution is 6.30. The van der Waals surface area contributed by atoms with E-state index in [0.29, 0.717) is 27.2 Å². The molecule has 1 N–H and O–H groups in total. The number of halogens is 1. The Morgan fingerprint density at radius 2 is 1.68 bits per heavy atom. The van der Waals surface area contributed by atoms with E-state index in [2.05, 4.69) is 5.32 Å². The first-order valence-electron chi connectivity index (χ1n) is 9.50. The smallest absolute Gasteiger partial charge is 0.248 e. The fraction of sp³-hybridized carbons (Fsp3) is 0.0400. The molecule has 6 heteroatoms. The molecule has 1 aromatic heterocycles. The van der Waals surface area contributed by atoms with E-state index in [9.17, 15) is 9.59 Å². The number of ether oxygens (including phenoxy) is 1. The summed E-state index contributed by atoms with van der Waals surface area (Å²) in [5, 5.41) is 3.97. The lowest BCUT2D eigenvalue weighted by Crippen LogP contribution is -2.11. The van der Waals surface area contributed by atoms with Crippen molar-refractivity contribution in [2.24, 2.45) is 0 Å². The van der Waals surface area contributed by atoms with Gasteiger partial charge in [0.2, 0.25) is 11.7 Å². The van der Waals surface area contributed by atoms with Crippen molar-refractivity contribution in [3.8, 4) is 5.75 Å². The van der Waals surface area contributed by atoms with E-state index in [1.165, 1.54) is 6.08 Å². The molecule has 5 nitrogen and oxygen atoms in total. The van der Waals surface area contributed by atoms with Crippen LogP contribution >= 0.6 is 11.6 Å². The molecule has 4 aromatic rings. The summed E-state index contributed by atoms with van der Waals surface area (Å²) in [4.78, 5) is 25.7. The highest BCUT2D eigenvalue weighted by atomic mass is 35.5. The lowest BCUT2D eigenvalue weighted by molar-refractivity contribution is -0.111. The van der Waals surface area contributed by atoms with Crippen molar-refractivity contribution in [3.63, 3.8) is 0 Å². The highest BCUT2D eigenvalue weighted by Gasteiger charge is 2.22. The van der Waals surface area contributed by atoms with Crippen molar-refractivity contribution in [2.75, 3.05) is 12.4 Å². The van der Waals surface area contributed by atoms with Gasteiger partial charge in [0.05, 0.1) is 12.8 Å². The molecule has 1 amide bonds. The van der Waals surface area contributed by atoms with Crippen LogP contribution < -0.4 is 10.1 Å². The second-order valence-electron chi connectivity index (χ2n) is 6.73. The molecule has 1 heterocycles. The van der Waals surface area contributed by atoms with E-state index in [0.717, 1.165) is 11.3 Å². The number of para-hydroxylation sites is 1. The van der Waals surface area contributed by atoms with Crippen LogP contribution in [0.25, 0.3) is 17.0 Å². The van der Waals surface area contributed by atoms with Crippen molar-refractivity contribution in [1.82, 2.24) is 0 Å². The molecule has 0 bridgehead atoms. The lowest BCUT2D eigenvalue weighted by Gasteiger charge is -2.04. The Morgan fingerprint density at radius 3 is 2.39 bits per heavy atom. The summed E-state index contributed by atoms with van der Waals surface area (Å²) >= 11 is 5.92. The molecule has 31 heavy (non-hydrogen) atoms. The number of furan rings is 1. The summed E-state index contributed by atoms with van der Waals surface area (Å²) < 4.78 is 10.9. The molecule has 0 aliphatic rings. The Balaban J connectivity index is 1.63. The molecule has 0 aliphatic heterocycles. The van der Waals surface area contributed by atoms with Crippen LogP contribution in [-0.4, -0.2) is 18.8 Å². The summed E-state index contributed by atoms with van der Waals surface area (Å²) in [6, 6.07) is 21.0. The molecule has 3 aromatic carbocycles. The van der Waals surface area contributed by atoms with Gasteiger partial charge >= 0.3 is 0 Å². The number of nitrogens with one attached hydrogen (secondary N) is 1. The monoisotopic (exact) mass is 431 g/mol. The average Bonchev–Trinajstić information content (AvgIpc) is 3.16. The van der Waals surface area contributed by atoms with E-state index < -0.39 is 0 Å². The number of carbonyl (C=O) groups excluding carboxylic acids is 2. The molecule has 0 aliphatic carbocycles. The van der Waals surface area contributed by atoms with Gasteiger partial charge in [-0.2, -0.15) is 0 Å². The van der Waals surface area contributed by atoms with Gasteiger partial charge in [-0.1, -0.05) is 35.9 Å². The maximum absolute atomic E-state index is 13.1. The van der Waals surface area contributed by atoms with Crippen molar-refractivity contribution < 1.29 is 18.7 Å². The molecule has 0 saturated carbocycles. The van der Waals surface area contributed by atoms with Crippen molar-refractivity contribution in [3.05, 3.63) is 101 Å². The largest absolute Gasteiger partial charge is 0.497 e. The van der Waals surface area contributed by atoms with Crippen LogP contribution in [0.15, 0.2) is 83.3 Å². The van der Waals surface area contributed by atoms with E-state index >= 15 is 0 Å². The number of fused-ring (bicyclic) bond motifs is 1. The average molecular weight is 432 g/mol. The first-order valence-corrected chi connectivity index (χ1v) is 9.88. The minimum Gasteiger partial charge on any atom is -0.497 e. The molecule has 0 atom stereocenters. The van der Waals surface area contributed by atoms with E-state index in [1.54, 1.807) is 55.7 Å². The standard InChI is InChI=1S/C25H18ClNO4/c1-30-19-13-6-16(7-14-19)8-15-22(28)27-23-20-4-2-3-5-21(20)31-25(23)24(29)17-9-11-18(26)12-10-17/h2-15H,1H3,(H,27,28)/b15-8+. The number of carbonyl (C=O) groups is 2. The molecular formula is C25H18ClNO4. The normalized spacial score (nSPS) is 11.0. The maximum atomic E-state index is 13.1. The zero-order valence-electron chi connectivity index (χ0n) is 16.6. The second kappa shape index (κ2) is 8.90. The third kappa shape index (κ3) is 4.52.